The first kappa shape index (κ1) is 14.6. The van der Waals surface area contributed by atoms with Crippen LogP contribution in [0.2, 0.25) is 0 Å². The first-order valence-corrected chi connectivity index (χ1v) is 6.50. The molecule has 0 aliphatic rings. The zero-order chi connectivity index (χ0) is 13.4. The maximum Gasteiger partial charge on any atom is 0.123 e. The van der Waals surface area contributed by atoms with Gasteiger partial charge in [-0.1, -0.05) is 45.5 Å². The smallest absolute Gasteiger partial charge is 0.123 e. The summed E-state index contributed by atoms with van der Waals surface area (Å²) in [5.41, 5.74) is 1.37. The molecule has 1 aromatic rings. The zero-order valence-corrected chi connectivity index (χ0v) is 11.7. The van der Waals surface area contributed by atoms with Crippen molar-refractivity contribution in [1.82, 2.24) is 0 Å². The Morgan fingerprint density at radius 2 is 1.78 bits per heavy atom. The highest BCUT2D eigenvalue weighted by molar-refractivity contribution is 5.38. The second-order valence-electron chi connectivity index (χ2n) is 5.34. The normalized spacial score (nSPS) is 11.1. The number of benzene rings is 1. The van der Waals surface area contributed by atoms with Crippen molar-refractivity contribution in [3.8, 4) is 5.75 Å². The Bertz CT molecular complexity index is 364. The molecule has 0 unspecified atom stereocenters. The molecule has 0 radical (unpaired) electrons. The van der Waals surface area contributed by atoms with Crippen molar-refractivity contribution in [3.05, 3.63) is 42.7 Å². The Balaban J connectivity index is 2.45. The van der Waals surface area contributed by atoms with Gasteiger partial charge in [-0.3, -0.25) is 0 Å². The van der Waals surface area contributed by atoms with Crippen molar-refractivity contribution >= 4 is 0 Å². The van der Waals surface area contributed by atoms with E-state index in [4.69, 9.17) is 9.47 Å². The van der Waals surface area contributed by atoms with E-state index in [-0.39, 0.29) is 5.41 Å². The van der Waals surface area contributed by atoms with Gasteiger partial charge in [-0.05, 0) is 29.9 Å². The predicted octanol–water partition coefficient (Wildman–Crippen LogP) is 4.30. The highest BCUT2D eigenvalue weighted by Crippen LogP contribution is 2.30. The molecule has 18 heavy (non-hydrogen) atoms. The number of hydrogen-bond acceptors (Lipinski definition) is 2. The summed E-state index contributed by atoms with van der Waals surface area (Å²) in [4.78, 5) is 0. The molecule has 0 N–H and O–H groups in total. The van der Waals surface area contributed by atoms with E-state index in [0.29, 0.717) is 6.61 Å². The highest BCUT2D eigenvalue weighted by Gasteiger charge is 2.17. The average molecular weight is 248 g/mol. The van der Waals surface area contributed by atoms with Gasteiger partial charge < -0.3 is 9.47 Å². The van der Waals surface area contributed by atoms with Crippen LogP contribution in [0, 0.1) is 0 Å². The summed E-state index contributed by atoms with van der Waals surface area (Å²) in [7, 11) is 0. The highest BCUT2D eigenvalue weighted by atomic mass is 16.5. The molecule has 100 valence electrons. The molecular formula is C16H24O2. The van der Waals surface area contributed by atoms with Crippen LogP contribution < -0.4 is 4.74 Å². The number of unbranched alkanes of at least 4 members (excludes halogenated alkanes) is 1. The van der Waals surface area contributed by atoms with Gasteiger partial charge in [0.2, 0.25) is 0 Å². The van der Waals surface area contributed by atoms with Crippen LogP contribution in [0.3, 0.4) is 0 Å². The summed E-state index contributed by atoms with van der Waals surface area (Å²) >= 11 is 0. The zero-order valence-electron chi connectivity index (χ0n) is 11.7. The minimum absolute atomic E-state index is 0.114. The third-order valence-electron chi connectivity index (χ3n) is 2.73. The number of rotatable bonds is 7. The van der Waals surface area contributed by atoms with Gasteiger partial charge in [0.05, 0.1) is 19.5 Å². The maximum absolute atomic E-state index is 5.86. The average Bonchev–Trinajstić information content (AvgIpc) is 2.33. The summed E-state index contributed by atoms with van der Waals surface area (Å²) in [6.07, 6.45) is 3.46. The summed E-state index contributed by atoms with van der Waals surface area (Å²) in [6, 6.07) is 8.26. The first-order chi connectivity index (χ1) is 8.55. The monoisotopic (exact) mass is 248 g/mol. The molecule has 0 fully saturated rings. The fraction of sp³-hybridized carbons (Fsp3) is 0.500. The number of hydrogen-bond donors (Lipinski definition) is 0. The summed E-state index contributed by atoms with van der Waals surface area (Å²) in [5, 5.41) is 0. The molecule has 0 heterocycles. The second-order valence-corrected chi connectivity index (χ2v) is 5.34. The van der Waals surface area contributed by atoms with Crippen molar-refractivity contribution in [2.75, 3.05) is 13.2 Å². The van der Waals surface area contributed by atoms with Crippen molar-refractivity contribution in [1.29, 1.82) is 0 Å². The standard InChI is InChI=1S/C16H24O2/c1-5-17-12-8-9-13-18-15-11-7-6-10-14(15)16(2,3)4/h5-7,10-11H,1,8-9,12-13H2,2-4H3. The molecule has 1 aromatic carbocycles. The van der Waals surface area contributed by atoms with Crippen molar-refractivity contribution < 1.29 is 9.47 Å². The third kappa shape index (κ3) is 4.82. The lowest BCUT2D eigenvalue weighted by Crippen LogP contribution is -2.13. The Hall–Kier alpha value is -1.44. The van der Waals surface area contributed by atoms with E-state index < -0.39 is 0 Å². The lowest BCUT2D eigenvalue weighted by atomic mass is 9.86. The van der Waals surface area contributed by atoms with Crippen LogP contribution >= 0.6 is 0 Å². The van der Waals surface area contributed by atoms with Gasteiger partial charge >= 0.3 is 0 Å². The van der Waals surface area contributed by atoms with Gasteiger partial charge in [-0.2, -0.15) is 0 Å². The quantitative estimate of drug-likeness (QED) is 0.529. The van der Waals surface area contributed by atoms with Gasteiger partial charge in [0.1, 0.15) is 5.75 Å². The fourth-order valence-corrected chi connectivity index (χ4v) is 1.77. The first-order valence-electron chi connectivity index (χ1n) is 6.50. The molecule has 2 heteroatoms. The Kier molecular flexibility index (Phi) is 5.76. The van der Waals surface area contributed by atoms with Crippen LogP contribution in [0.4, 0.5) is 0 Å². The van der Waals surface area contributed by atoms with Crippen LogP contribution in [-0.4, -0.2) is 13.2 Å². The van der Waals surface area contributed by atoms with Gasteiger partial charge in [-0.25, -0.2) is 0 Å². The summed E-state index contributed by atoms with van der Waals surface area (Å²) in [5.74, 6) is 0.995. The summed E-state index contributed by atoms with van der Waals surface area (Å²) in [6.45, 7) is 11.6. The topological polar surface area (TPSA) is 18.5 Å². The molecule has 0 atom stereocenters. The SMILES string of the molecule is C=COCCCCOc1ccccc1C(C)(C)C. The largest absolute Gasteiger partial charge is 0.502 e. The van der Waals surface area contributed by atoms with Crippen LogP contribution in [0.25, 0.3) is 0 Å². The Morgan fingerprint density at radius 1 is 1.11 bits per heavy atom. The Morgan fingerprint density at radius 3 is 2.44 bits per heavy atom. The van der Waals surface area contributed by atoms with E-state index in [1.807, 2.05) is 12.1 Å². The predicted molar refractivity (Wildman–Crippen MR) is 76.0 cm³/mol. The van der Waals surface area contributed by atoms with E-state index in [9.17, 15) is 0 Å². The fourth-order valence-electron chi connectivity index (χ4n) is 1.77. The van der Waals surface area contributed by atoms with Crippen molar-refractivity contribution in [2.24, 2.45) is 0 Å². The van der Waals surface area contributed by atoms with E-state index in [1.165, 1.54) is 11.8 Å². The van der Waals surface area contributed by atoms with E-state index in [2.05, 4.69) is 39.5 Å². The van der Waals surface area contributed by atoms with Crippen molar-refractivity contribution in [3.63, 3.8) is 0 Å². The second kappa shape index (κ2) is 7.10. The van der Waals surface area contributed by atoms with E-state index in [1.54, 1.807) is 0 Å². The minimum Gasteiger partial charge on any atom is -0.502 e. The molecule has 0 aromatic heterocycles. The van der Waals surface area contributed by atoms with Gasteiger partial charge in [0.25, 0.3) is 0 Å². The van der Waals surface area contributed by atoms with Gasteiger partial charge in [0, 0.05) is 0 Å². The molecule has 0 spiro atoms. The van der Waals surface area contributed by atoms with Crippen LogP contribution in [0.5, 0.6) is 5.75 Å². The van der Waals surface area contributed by atoms with Gasteiger partial charge in [-0.15, -0.1) is 0 Å². The lowest BCUT2D eigenvalue weighted by Gasteiger charge is -2.22. The molecule has 0 aliphatic heterocycles. The molecule has 0 saturated heterocycles. The molecule has 0 aliphatic carbocycles. The van der Waals surface area contributed by atoms with E-state index >= 15 is 0 Å². The van der Waals surface area contributed by atoms with E-state index in [0.717, 1.165) is 25.2 Å². The number of ether oxygens (including phenoxy) is 2. The maximum atomic E-state index is 5.86. The Labute approximate surface area is 111 Å². The lowest BCUT2D eigenvalue weighted by molar-refractivity contribution is 0.225. The molecule has 1 rings (SSSR count). The molecular weight excluding hydrogens is 224 g/mol. The minimum atomic E-state index is 0.114. The van der Waals surface area contributed by atoms with Crippen LogP contribution in [-0.2, 0) is 10.2 Å². The van der Waals surface area contributed by atoms with Crippen molar-refractivity contribution in [2.45, 2.75) is 39.0 Å². The molecule has 0 bridgehead atoms. The van der Waals surface area contributed by atoms with Crippen LogP contribution in [0.15, 0.2) is 37.1 Å². The number of para-hydroxylation sites is 1. The van der Waals surface area contributed by atoms with Crippen LogP contribution in [0.1, 0.15) is 39.2 Å². The molecule has 0 saturated carbocycles. The molecule has 2 nitrogen and oxygen atoms in total. The third-order valence-corrected chi connectivity index (χ3v) is 2.73. The van der Waals surface area contributed by atoms with Gasteiger partial charge in [0.15, 0.2) is 0 Å². The summed E-state index contributed by atoms with van der Waals surface area (Å²) < 4.78 is 10.9. The molecule has 0 amide bonds.